The molecule has 0 radical (unpaired) electrons. The van der Waals surface area contributed by atoms with Gasteiger partial charge in [0.2, 0.25) is 5.91 Å². The smallest absolute Gasteiger partial charge is 0.223 e. The summed E-state index contributed by atoms with van der Waals surface area (Å²) in [6.45, 7) is 1.94. The van der Waals surface area contributed by atoms with Crippen molar-refractivity contribution in [2.75, 3.05) is 6.61 Å². The van der Waals surface area contributed by atoms with E-state index in [9.17, 15) is 9.90 Å². The summed E-state index contributed by atoms with van der Waals surface area (Å²) in [5.41, 5.74) is 2.07. The van der Waals surface area contributed by atoms with Crippen molar-refractivity contribution in [3.63, 3.8) is 0 Å². The number of carbonyl (C=O) groups excluding carboxylic acids is 1. The molecule has 0 unspecified atom stereocenters. The summed E-state index contributed by atoms with van der Waals surface area (Å²) < 4.78 is 0. The molecular weight excluding hydrogens is 371 g/mol. The van der Waals surface area contributed by atoms with Crippen molar-refractivity contribution in [2.45, 2.75) is 57.0 Å². The molecule has 2 aliphatic heterocycles. The Kier molecular flexibility index (Phi) is 6.38. The second-order valence-electron chi connectivity index (χ2n) is 6.89. The first kappa shape index (κ1) is 19.4. The normalized spacial score (nSPS) is 24.9. The molecule has 0 aromatic heterocycles. The van der Waals surface area contributed by atoms with Crippen LogP contribution in [0.3, 0.4) is 0 Å². The molecule has 2 aliphatic rings. The third-order valence-corrected chi connectivity index (χ3v) is 5.84. The van der Waals surface area contributed by atoms with E-state index in [1.54, 1.807) is 6.20 Å². The van der Waals surface area contributed by atoms with Crippen molar-refractivity contribution >= 4 is 34.8 Å². The van der Waals surface area contributed by atoms with E-state index in [-0.39, 0.29) is 30.5 Å². The van der Waals surface area contributed by atoms with Crippen molar-refractivity contribution in [1.82, 2.24) is 4.90 Å². The van der Waals surface area contributed by atoms with Gasteiger partial charge in [-0.2, -0.15) is 0 Å². The largest absolute Gasteiger partial charge is 0.394 e. The van der Waals surface area contributed by atoms with Crippen LogP contribution in [0.2, 0.25) is 5.02 Å². The molecule has 1 saturated heterocycles. The van der Waals surface area contributed by atoms with Crippen LogP contribution in [0, 0.1) is 0 Å². The molecule has 1 amide bonds. The SMILES string of the molecule is CC[C@@H](CO)N1C(=O)CC[C@H](c2cccc(Cl)c2)[C@H]1C1=NC=C(Cl)CC1. The van der Waals surface area contributed by atoms with E-state index >= 15 is 0 Å². The standard InChI is InChI=1S/C20H24Cl2N2O2/c1-2-16(12-25)24-19(26)9-7-17(13-4-3-5-14(21)10-13)20(24)18-8-6-15(22)11-23-18/h3-5,10-11,16-17,20,25H,2,6-9,12H2,1H3/t16-,17+,20-/m0/s1. The zero-order chi connectivity index (χ0) is 18.7. The summed E-state index contributed by atoms with van der Waals surface area (Å²) in [7, 11) is 0. The molecule has 0 aliphatic carbocycles. The van der Waals surface area contributed by atoms with Gasteiger partial charge >= 0.3 is 0 Å². The number of nitrogens with zero attached hydrogens (tertiary/aromatic N) is 2. The molecule has 3 rings (SSSR count). The van der Waals surface area contributed by atoms with Crippen LogP contribution in [0.4, 0.5) is 0 Å². The van der Waals surface area contributed by atoms with Gasteiger partial charge in [0.05, 0.1) is 18.7 Å². The fourth-order valence-electron chi connectivity index (χ4n) is 3.99. The Morgan fingerprint density at radius 1 is 1.31 bits per heavy atom. The second kappa shape index (κ2) is 8.55. The molecule has 0 bridgehead atoms. The Morgan fingerprint density at radius 2 is 2.12 bits per heavy atom. The molecule has 3 atom stereocenters. The minimum Gasteiger partial charge on any atom is -0.394 e. The van der Waals surface area contributed by atoms with E-state index in [1.165, 1.54) is 0 Å². The average Bonchev–Trinajstić information content (AvgIpc) is 2.64. The second-order valence-corrected chi connectivity index (χ2v) is 7.81. The molecule has 1 aromatic rings. The number of benzene rings is 1. The maximum Gasteiger partial charge on any atom is 0.223 e. The molecule has 0 spiro atoms. The van der Waals surface area contributed by atoms with E-state index in [0.717, 1.165) is 35.6 Å². The van der Waals surface area contributed by atoms with Crippen LogP contribution in [0.25, 0.3) is 0 Å². The lowest BCUT2D eigenvalue weighted by atomic mass is 9.78. The Labute approximate surface area is 164 Å². The number of rotatable bonds is 5. The van der Waals surface area contributed by atoms with Gasteiger partial charge in [0.25, 0.3) is 0 Å². The topological polar surface area (TPSA) is 52.9 Å². The highest BCUT2D eigenvalue weighted by molar-refractivity contribution is 6.30. The van der Waals surface area contributed by atoms with E-state index in [0.29, 0.717) is 17.9 Å². The van der Waals surface area contributed by atoms with Gasteiger partial charge in [0, 0.05) is 34.3 Å². The van der Waals surface area contributed by atoms with Gasteiger partial charge < -0.3 is 10.0 Å². The van der Waals surface area contributed by atoms with E-state index in [4.69, 9.17) is 23.2 Å². The first-order valence-corrected chi connectivity index (χ1v) is 9.89. The van der Waals surface area contributed by atoms with Crippen molar-refractivity contribution < 1.29 is 9.90 Å². The zero-order valence-corrected chi connectivity index (χ0v) is 16.4. The van der Waals surface area contributed by atoms with Crippen LogP contribution in [0.5, 0.6) is 0 Å². The number of hydrogen-bond donors (Lipinski definition) is 1. The molecular formula is C20H24Cl2N2O2. The van der Waals surface area contributed by atoms with Gasteiger partial charge in [-0.3, -0.25) is 9.79 Å². The predicted molar refractivity (Wildman–Crippen MR) is 106 cm³/mol. The molecule has 1 fully saturated rings. The molecule has 26 heavy (non-hydrogen) atoms. The molecule has 4 nitrogen and oxygen atoms in total. The van der Waals surface area contributed by atoms with Gasteiger partial charge in [-0.15, -0.1) is 0 Å². The molecule has 140 valence electrons. The maximum atomic E-state index is 12.8. The third kappa shape index (κ3) is 3.98. The number of allylic oxidation sites excluding steroid dienone is 1. The lowest BCUT2D eigenvalue weighted by molar-refractivity contribution is -0.139. The summed E-state index contributed by atoms with van der Waals surface area (Å²) in [6.07, 6.45) is 5.06. The number of likely N-dealkylation sites (tertiary alicyclic amines) is 1. The minimum atomic E-state index is -0.210. The number of halogens is 2. The zero-order valence-electron chi connectivity index (χ0n) is 14.9. The minimum absolute atomic E-state index is 0.0507. The molecule has 1 N–H and O–H groups in total. The van der Waals surface area contributed by atoms with Gasteiger partial charge in [-0.25, -0.2) is 0 Å². The highest BCUT2D eigenvalue weighted by atomic mass is 35.5. The molecule has 0 saturated carbocycles. The van der Waals surface area contributed by atoms with Crippen LogP contribution >= 0.6 is 23.2 Å². The Morgan fingerprint density at radius 3 is 2.73 bits per heavy atom. The fourth-order valence-corrected chi connectivity index (χ4v) is 4.33. The predicted octanol–water partition coefficient (Wildman–Crippen LogP) is 4.50. The number of aliphatic hydroxyl groups excluding tert-OH is 1. The summed E-state index contributed by atoms with van der Waals surface area (Å²) in [4.78, 5) is 19.3. The van der Waals surface area contributed by atoms with Crippen molar-refractivity contribution in [3.8, 4) is 0 Å². The average molecular weight is 395 g/mol. The summed E-state index contributed by atoms with van der Waals surface area (Å²) in [5.74, 6) is 0.188. The number of aliphatic imine (C=N–C) groups is 1. The maximum absolute atomic E-state index is 12.8. The van der Waals surface area contributed by atoms with Gasteiger partial charge in [0.15, 0.2) is 0 Å². The van der Waals surface area contributed by atoms with E-state index in [1.807, 2.05) is 30.0 Å². The molecule has 6 heteroatoms. The van der Waals surface area contributed by atoms with Crippen molar-refractivity contribution in [2.24, 2.45) is 4.99 Å². The van der Waals surface area contributed by atoms with Gasteiger partial charge in [-0.05, 0) is 43.4 Å². The van der Waals surface area contributed by atoms with E-state index < -0.39 is 0 Å². The lowest BCUT2D eigenvalue weighted by Gasteiger charge is -2.46. The quantitative estimate of drug-likeness (QED) is 0.798. The van der Waals surface area contributed by atoms with Gasteiger partial charge in [0.1, 0.15) is 0 Å². The van der Waals surface area contributed by atoms with Crippen LogP contribution in [0.1, 0.15) is 50.5 Å². The Hall–Kier alpha value is -1.36. The molecule has 2 heterocycles. The summed E-state index contributed by atoms with van der Waals surface area (Å²) >= 11 is 12.3. The number of hydrogen-bond acceptors (Lipinski definition) is 3. The number of piperidine rings is 1. The van der Waals surface area contributed by atoms with Crippen LogP contribution < -0.4 is 0 Å². The molecule has 1 aromatic carbocycles. The van der Waals surface area contributed by atoms with Crippen molar-refractivity contribution in [1.29, 1.82) is 0 Å². The van der Waals surface area contributed by atoms with Gasteiger partial charge in [-0.1, -0.05) is 42.3 Å². The van der Waals surface area contributed by atoms with Crippen molar-refractivity contribution in [3.05, 3.63) is 46.1 Å². The van der Waals surface area contributed by atoms with Crippen LogP contribution in [-0.4, -0.2) is 40.3 Å². The van der Waals surface area contributed by atoms with Crippen LogP contribution in [0.15, 0.2) is 40.5 Å². The summed E-state index contributed by atoms with van der Waals surface area (Å²) in [6, 6.07) is 7.45. The number of carbonyl (C=O) groups is 1. The highest BCUT2D eigenvalue weighted by Crippen LogP contribution is 2.38. The fraction of sp³-hybridized carbons (Fsp3) is 0.500. The Bertz CT molecular complexity index is 728. The highest BCUT2D eigenvalue weighted by Gasteiger charge is 2.42. The van der Waals surface area contributed by atoms with E-state index in [2.05, 4.69) is 11.1 Å². The third-order valence-electron chi connectivity index (χ3n) is 5.32. The van der Waals surface area contributed by atoms with Crippen LogP contribution in [-0.2, 0) is 4.79 Å². The number of amides is 1. The number of aliphatic hydroxyl groups is 1. The lowest BCUT2D eigenvalue weighted by Crippen LogP contribution is -2.57. The monoisotopic (exact) mass is 394 g/mol. The summed E-state index contributed by atoms with van der Waals surface area (Å²) in [5, 5.41) is 11.3. The Balaban J connectivity index is 2.06. The first-order valence-electron chi connectivity index (χ1n) is 9.13. The first-order chi connectivity index (χ1) is 12.5.